The largest absolute Gasteiger partial charge is 0.457 e. The number of benzene rings is 2. The highest BCUT2D eigenvalue weighted by atomic mass is 16.5. The molecule has 1 amide bonds. The summed E-state index contributed by atoms with van der Waals surface area (Å²) < 4.78 is 10.1. The molecule has 3 aliphatic rings. The lowest BCUT2D eigenvalue weighted by atomic mass is 9.94. The molecule has 0 saturated carbocycles. The molecule has 0 atom stereocenters. The molecule has 0 N–H and O–H groups in total. The average molecular weight is 417 g/mol. The molecule has 158 valence electrons. The maximum Gasteiger partial charge on any atom is 0.338 e. The van der Waals surface area contributed by atoms with E-state index < -0.39 is 0 Å². The molecule has 3 aliphatic heterocycles. The Morgan fingerprint density at radius 2 is 1.58 bits per heavy atom. The molecule has 1 saturated heterocycles. The standard InChI is InChI=1S/C25H23NO5/c27-23(13-18-4-6-22-20(12-18)15-31-25(22)29)26-9-7-16(8-10-26)1-2-17-3-5-21-19(11-17)14-30-24(21)28/h1-6,11-12,16H,7-10,13-15H2. The van der Waals surface area contributed by atoms with Crippen molar-refractivity contribution in [2.45, 2.75) is 32.5 Å². The highest BCUT2D eigenvalue weighted by Crippen LogP contribution is 2.25. The number of hydrogen-bond acceptors (Lipinski definition) is 5. The van der Waals surface area contributed by atoms with Crippen molar-refractivity contribution in [2.75, 3.05) is 13.1 Å². The van der Waals surface area contributed by atoms with E-state index in [9.17, 15) is 14.4 Å². The number of nitrogens with zero attached hydrogens (tertiary/aromatic N) is 1. The Balaban J connectivity index is 1.14. The molecule has 6 nitrogen and oxygen atoms in total. The quantitative estimate of drug-likeness (QED) is 0.712. The third-order valence-corrected chi connectivity index (χ3v) is 6.26. The van der Waals surface area contributed by atoms with Crippen LogP contribution in [0.4, 0.5) is 0 Å². The molecule has 6 heteroatoms. The fraction of sp³-hybridized carbons (Fsp3) is 0.320. The van der Waals surface area contributed by atoms with Crippen molar-refractivity contribution in [3.63, 3.8) is 0 Å². The van der Waals surface area contributed by atoms with E-state index >= 15 is 0 Å². The Bertz CT molecular complexity index is 1100. The number of amides is 1. The van der Waals surface area contributed by atoms with E-state index in [0.717, 1.165) is 48.2 Å². The van der Waals surface area contributed by atoms with Gasteiger partial charge < -0.3 is 14.4 Å². The van der Waals surface area contributed by atoms with Gasteiger partial charge in [-0.25, -0.2) is 9.59 Å². The van der Waals surface area contributed by atoms with E-state index in [4.69, 9.17) is 9.47 Å². The highest BCUT2D eigenvalue weighted by molar-refractivity contribution is 5.94. The van der Waals surface area contributed by atoms with E-state index in [-0.39, 0.29) is 17.8 Å². The zero-order valence-corrected chi connectivity index (χ0v) is 17.1. The van der Waals surface area contributed by atoms with Gasteiger partial charge in [-0.2, -0.15) is 0 Å². The minimum absolute atomic E-state index is 0.121. The maximum absolute atomic E-state index is 12.7. The number of carbonyl (C=O) groups is 3. The van der Waals surface area contributed by atoms with Crippen molar-refractivity contribution in [1.82, 2.24) is 4.90 Å². The van der Waals surface area contributed by atoms with Crippen LogP contribution in [0.2, 0.25) is 0 Å². The number of piperidine rings is 1. The van der Waals surface area contributed by atoms with Crippen molar-refractivity contribution >= 4 is 23.9 Å². The van der Waals surface area contributed by atoms with Crippen LogP contribution >= 0.6 is 0 Å². The third kappa shape index (κ3) is 3.98. The minimum atomic E-state index is -0.287. The van der Waals surface area contributed by atoms with Crippen LogP contribution in [0.25, 0.3) is 6.08 Å². The summed E-state index contributed by atoms with van der Waals surface area (Å²) in [6, 6.07) is 11.3. The van der Waals surface area contributed by atoms with E-state index in [1.807, 2.05) is 35.2 Å². The number of rotatable bonds is 4. The Morgan fingerprint density at radius 3 is 2.29 bits per heavy atom. The number of carbonyl (C=O) groups excluding carboxylic acids is 3. The molecule has 0 aromatic heterocycles. The first-order chi connectivity index (χ1) is 15.1. The second-order valence-electron chi connectivity index (χ2n) is 8.31. The lowest BCUT2D eigenvalue weighted by Crippen LogP contribution is -2.39. The number of cyclic esters (lactones) is 2. The summed E-state index contributed by atoms with van der Waals surface area (Å²) >= 11 is 0. The van der Waals surface area contributed by atoms with Crippen LogP contribution in [-0.4, -0.2) is 35.8 Å². The van der Waals surface area contributed by atoms with Gasteiger partial charge >= 0.3 is 11.9 Å². The molecule has 0 spiro atoms. The van der Waals surface area contributed by atoms with E-state index in [1.165, 1.54) is 0 Å². The summed E-state index contributed by atoms with van der Waals surface area (Å²) in [6.07, 6.45) is 6.51. The van der Waals surface area contributed by atoms with E-state index in [2.05, 4.69) is 12.2 Å². The van der Waals surface area contributed by atoms with E-state index in [1.54, 1.807) is 6.07 Å². The summed E-state index contributed by atoms with van der Waals surface area (Å²) in [7, 11) is 0. The number of fused-ring (bicyclic) bond motifs is 2. The number of esters is 2. The van der Waals surface area contributed by atoms with Gasteiger partial charge in [0.2, 0.25) is 5.91 Å². The fourth-order valence-electron chi connectivity index (χ4n) is 4.43. The van der Waals surface area contributed by atoms with Crippen molar-refractivity contribution in [1.29, 1.82) is 0 Å². The zero-order valence-electron chi connectivity index (χ0n) is 17.1. The summed E-state index contributed by atoms with van der Waals surface area (Å²) in [5.74, 6) is 0.0169. The van der Waals surface area contributed by atoms with Crippen LogP contribution in [0, 0.1) is 5.92 Å². The summed E-state index contributed by atoms with van der Waals surface area (Å²) in [4.78, 5) is 37.8. The number of ether oxygens (including phenoxy) is 2. The second kappa shape index (κ2) is 8.02. The summed E-state index contributed by atoms with van der Waals surface area (Å²) in [5.41, 5.74) is 5.05. The van der Waals surface area contributed by atoms with E-state index in [0.29, 0.717) is 36.7 Å². The Morgan fingerprint density at radius 1 is 0.935 bits per heavy atom. The van der Waals surface area contributed by atoms with Gasteiger partial charge in [0.1, 0.15) is 13.2 Å². The van der Waals surface area contributed by atoms with Crippen LogP contribution in [0.1, 0.15) is 55.8 Å². The SMILES string of the molecule is O=C1OCc2cc(C=CC3CCN(C(=O)Cc4ccc5c(c4)COC5=O)CC3)ccc21. The number of allylic oxidation sites excluding steroid dienone is 1. The maximum atomic E-state index is 12.7. The molecule has 0 radical (unpaired) electrons. The van der Waals surface area contributed by atoms with Crippen LogP contribution < -0.4 is 0 Å². The normalized spacial score (nSPS) is 18.1. The monoisotopic (exact) mass is 417 g/mol. The van der Waals surface area contributed by atoms with Gasteiger partial charge in [0.25, 0.3) is 0 Å². The fourth-order valence-corrected chi connectivity index (χ4v) is 4.43. The van der Waals surface area contributed by atoms with Gasteiger partial charge in [0.05, 0.1) is 17.5 Å². The first-order valence-electron chi connectivity index (χ1n) is 10.6. The van der Waals surface area contributed by atoms with Gasteiger partial charge in [0, 0.05) is 24.2 Å². The van der Waals surface area contributed by atoms with Gasteiger partial charge in [-0.1, -0.05) is 30.4 Å². The zero-order chi connectivity index (χ0) is 21.4. The minimum Gasteiger partial charge on any atom is -0.457 e. The van der Waals surface area contributed by atoms with Crippen LogP contribution in [-0.2, 0) is 33.9 Å². The van der Waals surface area contributed by atoms with Crippen molar-refractivity contribution in [2.24, 2.45) is 5.92 Å². The molecular weight excluding hydrogens is 394 g/mol. The first kappa shape index (κ1) is 19.5. The average Bonchev–Trinajstić information content (AvgIpc) is 3.34. The van der Waals surface area contributed by atoms with Crippen LogP contribution in [0.3, 0.4) is 0 Å². The predicted octanol–water partition coefficient (Wildman–Crippen LogP) is 3.52. The molecule has 0 bridgehead atoms. The number of hydrogen-bond donors (Lipinski definition) is 0. The molecule has 31 heavy (non-hydrogen) atoms. The summed E-state index contributed by atoms with van der Waals surface area (Å²) in [6.45, 7) is 2.13. The molecule has 2 aromatic carbocycles. The molecular formula is C25H23NO5. The molecule has 0 unspecified atom stereocenters. The molecule has 5 rings (SSSR count). The smallest absolute Gasteiger partial charge is 0.338 e. The lowest BCUT2D eigenvalue weighted by Gasteiger charge is -2.31. The third-order valence-electron chi connectivity index (χ3n) is 6.26. The lowest BCUT2D eigenvalue weighted by molar-refractivity contribution is -0.131. The molecule has 2 aromatic rings. The van der Waals surface area contributed by atoms with Gasteiger partial charge in [0.15, 0.2) is 0 Å². The predicted molar refractivity (Wildman–Crippen MR) is 113 cm³/mol. The Hall–Kier alpha value is -3.41. The summed E-state index contributed by atoms with van der Waals surface area (Å²) in [5, 5.41) is 0. The Labute approximate surface area is 180 Å². The van der Waals surface area contributed by atoms with Crippen molar-refractivity contribution in [3.8, 4) is 0 Å². The van der Waals surface area contributed by atoms with Gasteiger partial charge in [-0.15, -0.1) is 0 Å². The molecule has 1 fully saturated rings. The van der Waals surface area contributed by atoms with Gasteiger partial charge in [-0.05, 0) is 48.1 Å². The Kier molecular flexibility index (Phi) is 5.06. The molecule has 0 aliphatic carbocycles. The topological polar surface area (TPSA) is 72.9 Å². The second-order valence-corrected chi connectivity index (χ2v) is 8.31. The first-order valence-corrected chi connectivity index (χ1v) is 10.6. The number of likely N-dealkylation sites (tertiary alicyclic amines) is 1. The van der Waals surface area contributed by atoms with Crippen LogP contribution in [0.15, 0.2) is 42.5 Å². The van der Waals surface area contributed by atoms with Gasteiger partial charge in [-0.3, -0.25) is 4.79 Å². The van der Waals surface area contributed by atoms with Crippen LogP contribution in [0.5, 0.6) is 0 Å². The van der Waals surface area contributed by atoms with Crippen molar-refractivity contribution in [3.05, 3.63) is 75.9 Å². The molecule has 3 heterocycles. The highest BCUT2D eigenvalue weighted by Gasteiger charge is 2.24. The van der Waals surface area contributed by atoms with Crippen molar-refractivity contribution < 1.29 is 23.9 Å².